The number of carbonyl (C=O) groups excluding carboxylic acids is 1. The third kappa shape index (κ3) is 2.68. The first-order valence-electron chi connectivity index (χ1n) is 5.18. The molecule has 0 unspecified atom stereocenters. The molecule has 0 aliphatic heterocycles. The minimum Gasteiger partial charge on any atom is -0.507 e. The Balaban J connectivity index is 2.32. The Labute approximate surface area is 103 Å². The van der Waals surface area contributed by atoms with E-state index < -0.39 is 5.91 Å². The molecule has 0 fully saturated rings. The fourth-order valence-electron chi connectivity index (χ4n) is 1.40. The number of aromatic nitrogens is 1. The molecule has 5 nitrogen and oxygen atoms in total. The van der Waals surface area contributed by atoms with E-state index in [4.69, 9.17) is 10.3 Å². The van der Waals surface area contributed by atoms with Gasteiger partial charge in [0, 0.05) is 11.6 Å². The Morgan fingerprint density at radius 2 is 2.28 bits per heavy atom. The van der Waals surface area contributed by atoms with Gasteiger partial charge in [0.2, 0.25) is 5.91 Å². The molecule has 1 heterocycles. The van der Waals surface area contributed by atoms with Gasteiger partial charge in [-0.15, -0.1) is 0 Å². The van der Waals surface area contributed by atoms with Gasteiger partial charge < -0.3 is 15.4 Å². The van der Waals surface area contributed by atoms with Crippen LogP contribution in [-0.4, -0.2) is 16.2 Å². The highest BCUT2D eigenvalue weighted by Crippen LogP contribution is 2.29. The molecule has 1 aromatic heterocycles. The van der Waals surface area contributed by atoms with Gasteiger partial charge >= 0.3 is 0 Å². The lowest BCUT2D eigenvalue weighted by Gasteiger charge is -2.00. The summed E-state index contributed by atoms with van der Waals surface area (Å²) in [4.78, 5) is 10.6. The van der Waals surface area contributed by atoms with Crippen molar-refractivity contribution in [3.05, 3.63) is 36.0 Å². The molecule has 0 saturated heterocycles. The van der Waals surface area contributed by atoms with Crippen molar-refractivity contribution in [3.8, 4) is 28.9 Å². The lowest BCUT2D eigenvalue weighted by atomic mass is 10.1. The van der Waals surface area contributed by atoms with Gasteiger partial charge in [0.05, 0.1) is 18.2 Å². The fraction of sp³-hybridized carbons (Fsp3) is 0.0769. The second-order valence-electron chi connectivity index (χ2n) is 3.55. The molecule has 0 aliphatic rings. The van der Waals surface area contributed by atoms with E-state index in [0.717, 1.165) is 0 Å². The number of benzene rings is 1. The average molecular weight is 242 g/mol. The minimum atomic E-state index is -0.475. The summed E-state index contributed by atoms with van der Waals surface area (Å²) in [6.07, 6.45) is 1.48. The Hall–Kier alpha value is -2.74. The molecule has 0 atom stereocenters. The van der Waals surface area contributed by atoms with E-state index in [1.165, 1.54) is 12.3 Å². The first kappa shape index (κ1) is 11.7. The Bertz CT molecular complexity index is 621. The molecule has 0 radical (unpaired) electrons. The van der Waals surface area contributed by atoms with Crippen LogP contribution in [0.4, 0.5) is 0 Å². The molecular formula is C13H10N2O3. The van der Waals surface area contributed by atoms with Crippen molar-refractivity contribution in [1.29, 1.82) is 0 Å². The van der Waals surface area contributed by atoms with Crippen LogP contribution >= 0.6 is 0 Å². The number of amides is 1. The van der Waals surface area contributed by atoms with Gasteiger partial charge in [-0.3, -0.25) is 4.79 Å². The van der Waals surface area contributed by atoms with E-state index in [1.54, 1.807) is 18.2 Å². The predicted molar refractivity (Wildman–Crippen MR) is 64.3 cm³/mol. The molecule has 90 valence electrons. The number of nitrogens with two attached hydrogens (primary N) is 1. The average Bonchev–Trinajstić information content (AvgIpc) is 2.84. The van der Waals surface area contributed by atoms with Crippen LogP contribution in [0.25, 0.3) is 11.3 Å². The Morgan fingerprint density at radius 1 is 1.44 bits per heavy atom. The van der Waals surface area contributed by atoms with Gasteiger partial charge in [-0.25, -0.2) is 0 Å². The second-order valence-corrected chi connectivity index (χ2v) is 3.55. The van der Waals surface area contributed by atoms with Crippen LogP contribution in [0.3, 0.4) is 0 Å². The first-order valence-corrected chi connectivity index (χ1v) is 5.18. The Kier molecular flexibility index (Phi) is 3.30. The zero-order valence-electron chi connectivity index (χ0n) is 9.38. The van der Waals surface area contributed by atoms with Gasteiger partial charge in [-0.2, -0.15) is 0 Å². The van der Waals surface area contributed by atoms with Crippen LogP contribution in [0.15, 0.2) is 35.0 Å². The smallest absolute Gasteiger partial charge is 0.229 e. The third-order valence-corrected chi connectivity index (χ3v) is 2.20. The summed E-state index contributed by atoms with van der Waals surface area (Å²) in [6, 6.07) is 6.44. The molecule has 18 heavy (non-hydrogen) atoms. The largest absolute Gasteiger partial charge is 0.507 e. The van der Waals surface area contributed by atoms with Crippen molar-refractivity contribution >= 4 is 5.91 Å². The summed E-state index contributed by atoms with van der Waals surface area (Å²) in [5, 5.41) is 13.3. The van der Waals surface area contributed by atoms with Crippen molar-refractivity contribution in [2.45, 2.75) is 6.42 Å². The quantitative estimate of drug-likeness (QED) is 0.776. The highest BCUT2D eigenvalue weighted by atomic mass is 16.5. The highest BCUT2D eigenvalue weighted by molar-refractivity contribution is 5.76. The fourth-order valence-corrected chi connectivity index (χ4v) is 1.40. The predicted octanol–water partition coefficient (Wildman–Crippen LogP) is 1.27. The molecule has 0 saturated carbocycles. The summed E-state index contributed by atoms with van der Waals surface area (Å²) >= 11 is 0. The van der Waals surface area contributed by atoms with Crippen molar-refractivity contribution in [1.82, 2.24) is 5.16 Å². The molecule has 3 N–H and O–H groups in total. The molecule has 2 aromatic rings. The van der Waals surface area contributed by atoms with Crippen molar-refractivity contribution in [3.63, 3.8) is 0 Å². The maximum atomic E-state index is 10.6. The number of primary amides is 1. The normalized spacial score (nSPS) is 9.56. The molecule has 0 spiro atoms. The van der Waals surface area contributed by atoms with Crippen molar-refractivity contribution < 1.29 is 14.4 Å². The molecule has 2 rings (SSSR count). The number of hydrogen-bond donors (Lipinski definition) is 2. The maximum absolute atomic E-state index is 10.6. The van der Waals surface area contributed by atoms with Crippen LogP contribution in [0.2, 0.25) is 0 Å². The second kappa shape index (κ2) is 5.06. The molecule has 1 amide bonds. The van der Waals surface area contributed by atoms with E-state index in [9.17, 15) is 9.90 Å². The van der Waals surface area contributed by atoms with Crippen LogP contribution in [-0.2, 0) is 4.79 Å². The van der Waals surface area contributed by atoms with E-state index in [0.29, 0.717) is 16.9 Å². The molecule has 5 heteroatoms. The van der Waals surface area contributed by atoms with Gasteiger partial charge in [-0.05, 0) is 18.2 Å². The van der Waals surface area contributed by atoms with Crippen molar-refractivity contribution in [2.75, 3.05) is 0 Å². The third-order valence-electron chi connectivity index (χ3n) is 2.20. The Morgan fingerprint density at radius 3 is 2.94 bits per heavy atom. The van der Waals surface area contributed by atoms with Gasteiger partial charge in [0.15, 0.2) is 5.76 Å². The zero-order chi connectivity index (χ0) is 13.0. The van der Waals surface area contributed by atoms with Gasteiger partial charge in [0.25, 0.3) is 0 Å². The van der Waals surface area contributed by atoms with Crippen LogP contribution in [0, 0.1) is 11.8 Å². The van der Waals surface area contributed by atoms with E-state index >= 15 is 0 Å². The van der Waals surface area contributed by atoms with Crippen LogP contribution < -0.4 is 5.73 Å². The molecule has 1 aromatic carbocycles. The summed E-state index contributed by atoms with van der Waals surface area (Å²) < 4.78 is 4.97. The zero-order valence-corrected chi connectivity index (χ0v) is 9.38. The number of nitrogens with zero attached hydrogens (tertiary/aromatic N) is 1. The van der Waals surface area contributed by atoms with Gasteiger partial charge in [-0.1, -0.05) is 17.0 Å². The SMILES string of the molecule is NC(=O)CC#Cc1ccc(O)c(-c2ccno2)c1. The molecular weight excluding hydrogens is 232 g/mol. The van der Waals surface area contributed by atoms with Crippen molar-refractivity contribution in [2.24, 2.45) is 5.73 Å². The number of rotatable bonds is 2. The van der Waals surface area contributed by atoms with Crippen LogP contribution in [0.1, 0.15) is 12.0 Å². The monoisotopic (exact) mass is 242 g/mol. The number of carbonyl (C=O) groups is 1. The summed E-state index contributed by atoms with van der Waals surface area (Å²) in [5.41, 5.74) is 6.13. The number of hydrogen-bond acceptors (Lipinski definition) is 4. The van der Waals surface area contributed by atoms with E-state index in [1.807, 2.05) is 0 Å². The minimum absolute atomic E-state index is 0.00147. The summed E-state index contributed by atoms with van der Waals surface area (Å²) in [7, 11) is 0. The molecule has 0 bridgehead atoms. The highest BCUT2D eigenvalue weighted by Gasteiger charge is 2.08. The van der Waals surface area contributed by atoms with Crippen LogP contribution in [0.5, 0.6) is 5.75 Å². The van der Waals surface area contributed by atoms with Gasteiger partial charge in [0.1, 0.15) is 5.75 Å². The standard InChI is InChI=1S/C13H10N2O3/c14-13(17)3-1-2-9-4-5-11(16)10(8-9)12-6-7-15-18-12/h4-8,16H,3H2,(H2,14,17). The number of aromatic hydroxyl groups is 1. The summed E-state index contributed by atoms with van der Waals surface area (Å²) in [5.74, 6) is 5.47. The topological polar surface area (TPSA) is 89.4 Å². The summed E-state index contributed by atoms with van der Waals surface area (Å²) in [6.45, 7) is 0. The number of phenolic OH excluding ortho intramolecular Hbond substituents is 1. The maximum Gasteiger partial charge on any atom is 0.229 e. The van der Waals surface area contributed by atoms with E-state index in [2.05, 4.69) is 17.0 Å². The lowest BCUT2D eigenvalue weighted by molar-refractivity contribution is -0.117. The molecule has 0 aliphatic carbocycles. The van der Waals surface area contributed by atoms with E-state index in [-0.39, 0.29) is 12.2 Å². The number of phenols is 1. The lowest BCUT2D eigenvalue weighted by Crippen LogP contribution is -2.08. The first-order chi connectivity index (χ1) is 8.66.